The molecule has 0 aromatic carbocycles. The first-order chi connectivity index (χ1) is 11.6. The summed E-state index contributed by atoms with van der Waals surface area (Å²) in [7, 11) is 0. The molecule has 24 heavy (non-hydrogen) atoms. The SMILES string of the molecule is CCOCCC1(CNC(=O)[C@@H](CC)Sc2n[nH]c(N)n2)CCCC1. The molecule has 1 aromatic heterocycles. The lowest BCUT2D eigenvalue weighted by Gasteiger charge is -2.30. The number of nitrogens with two attached hydrogens (primary N) is 1. The van der Waals surface area contributed by atoms with E-state index in [4.69, 9.17) is 10.5 Å². The van der Waals surface area contributed by atoms with E-state index in [0.717, 1.165) is 32.6 Å². The highest BCUT2D eigenvalue weighted by atomic mass is 32.2. The number of nitrogen functional groups attached to an aromatic ring is 1. The van der Waals surface area contributed by atoms with Crippen molar-refractivity contribution in [3.8, 4) is 0 Å². The van der Waals surface area contributed by atoms with E-state index in [9.17, 15) is 4.79 Å². The number of H-pyrrole nitrogens is 1. The molecule has 0 bridgehead atoms. The van der Waals surface area contributed by atoms with Crippen LogP contribution in [0.4, 0.5) is 5.95 Å². The van der Waals surface area contributed by atoms with Gasteiger partial charge in [0, 0.05) is 19.8 Å². The Labute approximate surface area is 147 Å². The fourth-order valence-electron chi connectivity index (χ4n) is 3.22. The highest BCUT2D eigenvalue weighted by Gasteiger charge is 2.34. The number of nitrogens with zero attached hydrogens (tertiary/aromatic N) is 2. The highest BCUT2D eigenvalue weighted by molar-refractivity contribution is 8.00. The Morgan fingerprint density at radius 1 is 1.46 bits per heavy atom. The van der Waals surface area contributed by atoms with Gasteiger partial charge in [-0.05, 0) is 38.0 Å². The maximum atomic E-state index is 12.6. The van der Waals surface area contributed by atoms with Gasteiger partial charge < -0.3 is 15.8 Å². The second kappa shape index (κ2) is 9.27. The maximum absolute atomic E-state index is 12.6. The number of hydrogen-bond acceptors (Lipinski definition) is 6. The van der Waals surface area contributed by atoms with E-state index in [1.54, 1.807) is 0 Å². The van der Waals surface area contributed by atoms with Crippen molar-refractivity contribution in [1.29, 1.82) is 0 Å². The van der Waals surface area contributed by atoms with Gasteiger partial charge in [-0.25, -0.2) is 5.10 Å². The van der Waals surface area contributed by atoms with E-state index in [1.807, 2.05) is 13.8 Å². The Kier molecular flexibility index (Phi) is 7.36. The normalized spacial score (nSPS) is 17.8. The Balaban J connectivity index is 1.86. The van der Waals surface area contributed by atoms with Crippen molar-refractivity contribution < 1.29 is 9.53 Å². The molecule has 4 N–H and O–H groups in total. The molecule has 0 radical (unpaired) electrons. The minimum absolute atomic E-state index is 0.0496. The lowest BCUT2D eigenvalue weighted by Crippen LogP contribution is -2.40. The molecule has 1 aliphatic carbocycles. The lowest BCUT2D eigenvalue weighted by molar-refractivity contribution is -0.121. The van der Waals surface area contributed by atoms with Crippen LogP contribution in [0.1, 0.15) is 52.4 Å². The third kappa shape index (κ3) is 5.37. The van der Waals surface area contributed by atoms with Crippen molar-refractivity contribution in [1.82, 2.24) is 20.5 Å². The Hall–Kier alpha value is -1.28. The molecule has 1 aromatic rings. The molecule has 0 saturated heterocycles. The summed E-state index contributed by atoms with van der Waals surface area (Å²) in [5.74, 6) is 0.321. The number of nitrogens with one attached hydrogen (secondary N) is 2. The molecular weight excluding hydrogens is 326 g/mol. The molecule has 1 fully saturated rings. The van der Waals surface area contributed by atoms with E-state index in [-0.39, 0.29) is 22.5 Å². The fourth-order valence-corrected chi connectivity index (χ4v) is 4.08. The summed E-state index contributed by atoms with van der Waals surface area (Å²) in [5, 5.41) is 10.1. The zero-order chi connectivity index (χ0) is 17.4. The van der Waals surface area contributed by atoms with Crippen LogP contribution >= 0.6 is 11.8 Å². The average Bonchev–Trinajstić information content (AvgIpc) is 3.20. The number of anilines is 1. The fraction of sp³-hybridized carbons (Fsp3) is 0.812. The minimum Gasteiger partial charge on any atom is -0.382 e. The molecule has 1 heterocycles. The first-order valence-corrected chi connectivity index (χ1v) is 9.66. The molecule has 1 aliphatic rings. The Morgan fingerprint density at radius 3 is 2.79 bits per heavy atom. The van der Waals surface area contributed by atoms with Crippen LogP contribution in [-0.4, -0.2) is 46.1 Å². The zero-order valence-electron chi connectivity index (χ0n) is 14.6. The van der Waals surface area contributed by atoms with Crippen LogP contribution in [0.2, 0.25) is 0 Å². The molecule has 0 aliphatic heterocycles. The summed E-state index contributed by atoms with van der Waals surface area (Å²) in [6.07, 6.45) is 6.55. The number of ether oxygens (including phenoxy) is 1. The van der Waals surface area contributed by atoms with E-state index in [1.165, 1.54) is 37.4 Å². The molecule has 1 atom stereocenters. The number of thioether (sulfide) groups is 1. The molecule has 2 rings (SSSR count). The summed E-state index contributed by atoms with van der Waals surface area (Å²) in [6, 6.07) is 0. The van der Waals surface area contributed by atoms with Gasteiger partial charge in [0.25, 0.3) is 0 Å². The highest BCUT2D eigenvalue weighted by Crippen LogP contribution is 2.40. The van der Waals surface area contributed by atoms with E-state index in [0.29, 0.717) is 5.16 Å². The molecule has 1 saturated carbocycles. The molecule has 7 nitrogen and oxygen atoms in total. The third-order valence-corrected chi connectivity index (χ3v) is 5.90. The van der Waals surface area contributed by atoms with Gasteiger partial charge in [-0.3, -0.25) is 4.79 Å². The van der Waals surface area contributed by atoms with Crippen LogP contribution in [0.5, 0.6) is 0 Å². The van der Waals surface area contributed by atoms with Gasteiger partial charge in [0.05, 0.1) is 5.25 Å². The van der Waals surface area contributed by atoms with Crippen LogP contribution < -0.4 is 11.1 Å². The predicted octanol–water partition coefficient (Wildman–Crippen LogP) is 2.36. The van der Waals surface area contributed by atoms with Gasteiger partial charge in [0.1, 0.15) is 0 Å². The van der Waals surface area contributed by atoms with E-state index in [2.05, 4.69) is 20.5 Å². The Bertz CT molecular complexity index is 516. The van der Waals surface area contributed by atoms with Gasteiger partial charge in [0.2, 0.25) is 17.0 Å². The number of hydrogen-bond donors (Lipinski definition) is 3. The Morgan fingerprint density at radius 2 is 2.21 bits per heavy atom. The molecule has 8 heteroatoms. The van der Waals surface area contributed by atoms with Crippen molar-refractivity contribution in [2.45, 2.75) is 62.8 Å². The van der Waals surface area contributed by atoms with Crippen LogP contribution in [0.3, 0.4) is 0 Å². The standard InChI is InChI=1S/C16H29N5O2S/c1-3-12(24-15-19-14(17)20-21-15)13(22)18-11-16(7-5-6-8-16)9-10-23-4-2/h12H,3-11H2,1-2H3,(H,18,22)(H3,17,19,20,21)/t12-/m1/s1. The monoisotopic (exact) mass is 355 g/mol. The van der Waals surface area contributed by atoms with Gasteiger partial charge in [-0.15, -0.1) is 5.10 Å². The first-order valence-electron chi connectivity index (χ1n) is 8.78. The summed E-state index contributed by atoms with van der Waals surface area (Å²) in [4.78, 5) is 16.6. The summed E-state index contributed by atoms with van der Waals surface area (Å²) >= 11 is 1.35. The summed E-state index contributed by atoms with van der Waals surface area (Å²) < 4.78 is 5.53. The second-order valence-corrected chi connectivity index (χ2v) is 7.56. The molecule has 0 unspecified atom stereocenters. The number of carbonyl (C=O) groups is 1. The number of aromatic amines is 1. The third-order valence-electron chi connectivity index (χ3n) is 4.68. The van der Waals surface area contributed by atoms with Crippen molar-refractivity contribution in [2.75, 3.05) is 25.5 Å². The second-order valence-electron chi connectivity index (χ2n) is 6.39. The quantitative estimate of drug-likeness (QED) is 0.439. The lowest BCUT2D eigenvalue weighted by atomic mass is 9.83. The van der Waals surface area contributed by atoms with Crippen molar-refractivity contribution in [3.63, 3.8) is 0 Å². The number of carbonyl (C=O) groups excluding carboxylic acids is 1. The predicted molar refractivity (Wildman–Crippen MR) is 95.8 cm³/mol. The van der Waals surface area contributed by atoms with E-state index >= 15 is 0 Å². The topological polar surface area (TPSA) is 106 Å². The van der Waals surface area contributed by atoms with Crippen molar-refractivity contribution in [3.05, 3.63) is 0 Å². The van der Waals surface area contributed by atoms with Crippen molar-refractivity contribution >= 4 is 23.6 Å². The number of aromatic nitrogens is 3. The molecule has 0 spiro atoms. The maximum Gasteiger partial charge on any atom is 0.233 e. The van der Waals surface area contributed by atoms with Crippen LogP contribution in [0, 0.1) is 5.41 Å². The average molecular weight is 356 g/mol. The van der Waals surface area contributed by atoms with Gasteiger partial charge in [0.15, 0.2) is 0 Å². The van der Waals surface area contributed by atoms with Gasteiger partial charge >= 0.3 is 0 Å². The van der Waals surface area contributed by atoms with Gasteiger partial charge in [-0.1, -0.05) is 31.5 Å². The zero-order valence-corrected chi connectivity index (χ0v) is 15.5. The minimum atomic E-state index is -0.203. The first kappa shape index (κ1) is 19.1. The van der Waals surface area contributed by atoms with Gasteiger partial charge in [-0.2, -0.15) is 4.98 Å². The van der Waals surface area contributed by atoms with Crippen LogP contribution in [-0.2, 0) is 9.53 Å². The largest absolute Gasteiger partial charge is 0.382 e. The summed E-state index contributed by atoms with van der Waals surface area (Å²) in [5.41, 5.74) is 5.73. The molecule has 1 amide bonds. The molecular formula is C16H29N5O2S. The van der Waals surface area contributed by atoms with Crippen LogP contribution in [0.15, 0.2) is 5.16 Å². The van der Waals surface area contributed by atoms with E-state index < -0.39 is 0 Å². The smallest absolute Gasteiger partial charge is 0.233 e. The molecule has 136 valence electrons. The number of rotatable bonds is 10. The number of amides is 1. The van der Waals surface area contributed by atoms with Crippen molar-refractivity contribution in [2.24, 2.45) is 5.41 Å². The van der Waals surface area contributed by atoms with Crippen LogP contribution in [0.25, 0.3) is 0 Å². The summed E-state index contributed by atoms with van der Waals surface area (Å²) in [6.45, 7) is 6.26.